The smallest absolute Gasteiger partial charge is 0.0462 e. The fourth-order valence-electron chi connectivity index (χ4n) is 10.2. The summed E-state index contributed by atoms with van der Waals surface area (Å²) in [7, 11) is 0. The van der Waals surface area contributed by atoms with Gasteiger partial charge in [0.1, 0.15) is 0 Å². The minimum atomic E-state index is 0.438. The lowest BCUT2D eigenvalue weighted by molar-refractivity contribution is -0.0977. The summed E-state index contributed by atoms with van der Waals surface area (Å²) < 4.78 is 0. The third-order valence-electron chi connectivity index (χ3n) is 12.0. The quantitative estimate of drug-likeness (QED) is 0.446. The number of fused-ring (bicyclic) bond motifs is 5. The first-order chi connectivity index (χ1) is 14.3. The molecule has 0 saturated heterocycles. The van der Waals surface area contributed by atoms with Crippen LogP contribution in [0.25, 0.3) is 0 Å². The van der Waals surface area contributed by atoms with Gasteiger partial charge in [0.15, 0.2) is 0 Å². The topological polar surface area (TPSA) is 20.2 Å². The minimum absolute atomic E-state index is 0.438. The molecule has 30 heavy (non-hydrogen) atoms. The molecular formula is C29H52O. The van der Waals surface area contributed by atoms with Crippen LogP contribution in [0.15, 0.2) is 0 Å². The first kappa shape index (κ1) is 23.1. The number of aliphatic hydroxyl groups excluding tert-OH is 1. The van der Waals surface area contributed by atoms with E-state index in [0.29, 0.717) is 23.4 Å². The third-order valence-corrected chi connectivity index (χ3v) is 12.0. The highest BCUT2D eigenvalue weighted by atomic mass is 16.3. The molecule has 0 radical (unpaired) electrons. The zero-order valence-corrected chi connectivity index (χ0v) is 21.1. The summed E-state index contributed by atoms with van der Waals surface area (Å²) >= 11 is 0. The largest absolute Gasteiger partial charge is 0.396 e. The van der Waals surface area contributed by atoms with E-state index in [9.17, 15) is 5.11 Å². The van der Waals surface area contributed by atoms with Gasteiger partial charge in [-0.05, 0) is 122 Å². The molecule has 0 aromatic heterocycles. The van der Waals surface area contributed by atoms with Crippen molar-refractivity contribution in [2.24, 2.45) is 64.1 Å². The zero-order valence-electron chi connectivity index (χ0n) is 21.1. The van der Waals surface area contributed by atoms with E-state index >= 15 is 0 Å². The first-order valence-electron chi connectivity index (χ1n) is 13.9. The van der Waals surface area contributed by atoms with Gasteiger partial charge in [-0.1, -0.05) is 54.4 Å². The molecule has 4 fully saturated rings. The summed E-state index contributed by atoms with van der Waals surface area (Å²) in [5.74, 6) is 7.97. The zero-order chi connectivity index (χ0) is 21.7. The molecule has 174 valence electrons. The molecule has 4 aliphatic carbocycles. The van der Waals surface area contributed by atoms with Gasteiger partial charge in [-0.25, -0.2) is 0 Å². The molecule has 0 spiro atoms. The van der Waals surface area contributed by atoms with Crippen molar-refractivity contribution in [3.63, 3.8) is 0 Å². The number of rotatable bonds is 7. The van der Waals surface area contributed by atoms with Crippen LogP contribution in [-0.2, 0) is 0 Å². The SMILES string of the molecule is CC[C@H](CC[C@@H](C)[C@H]1CC[C@H]2[C@@H]3CC[C@H]4[C@@H](CO)CC[C@]4(C)[C@H]3CC[C@]12C)C(C)C. The molecule has 0 unspecified atom stereocenters. The van der Waals surface area contributed by atoms with Crippen LogP contribution in [0.4, 0.5) is 0 Å². The highest BCUT2D eigenvalue weighted by Gasteiger charge is 2.61. The number of hydrogen-bond acceptors (Lipinski definition) is 1. The number of aliphatic hydroxyl groups is 1. The van der Waals surface area contributed by atoms with E-state index in [1.807, 2.05) is 0 Å². The molecule has 0 bridgehead atoms. The molecule has 4 aliphatic rings. The summed E-state index contributed by atoms with van der Waals surface area (Å²) in [5.41, 5.74) is 1.14. The molecule has 4 saturated carbocycles. The average Bonchev–Trinajstić information content (AvgIpc) is 3.24. The molecule has 0 heterocycles. The maximum atomic E-state index is 9.94. The Morgan fingerprint density at radius 3 is 2.13 bits per heavy atom. The predicted octanol–water partition coefficient (Wildman–Crippen LogP) is 7.96. The van der Waals surface area contributed by atoms with Gasteiger partial charge in [0.25, 0.3) is 0 Å². The van der Waals surface area contributed by atoms with Gasteiger partial charge in [0.05, 0.1) is 0 Å². The van der Waals surface area contributed by atoms with Crippen molar-refractivity contribution in [1.82, 2.24) is 0 Å². The summed E-state index contributed by atoms with van der Waals surface area (Å²) in [6.07, 6.45) is 15.8. The van der Waals surface area contributed by atoms with E-state index in [-0.39, 0.29) is 0 Å². The normalized spacial score (nSPS) is 47.6. The van der Waals surface area contributed by atoms with Crippen molar-refractivity contribution in [3.05, 3.63) is 0 Å². The van der Waals surface area contributed by atoms with Crippen molar-refractivity contribution in [3.8, 4) is 0 Å². The first-order valence-corrected chi connectivity index (χ1v) is 13.9. The van der Waals surface area contributed by atoms with Crippen LogP contribution in [0.3, 0.4) is 0 Å². The van der Waals surface area contributed by atoms with E-state index in [2.05, 4.69) is 41.5 Å². The Bertz CT molecular complexity index is 583. The van der Waals surface area contributed by atoms with E-state index in [1.165, 1.54) is 70.6 Å². The molecule has 0 amide bonds. The lowest BCUT2D eigenvalue weighted by Crippen LogP contribution is -2.51. The molecule has 0 aromatic carbocycles. The van der Waals surface area contributed by atoms with E-state index < -0.39 is 0 Å². The molecule has 10 atom stereocenters. The minimum Gasteiger partial charge on any atom is -0.396 e. The fraction of sp³-hybridized carbons (Fsp3) is 1.00. The Labute approximate surface area is 188 Å². The predicted molar refractivity (Wildman–Crippen MR) is 128 cm³/mol. The van der Waals surface area contributed by atoms with Crippen molar-refractivity contribution in [2.45, 2.75) is 112 Å². The van der Waals surface area contributed by atoms with Crippen LogP contribution >= 0.6 is 0 Å². The van der Waals surface area contributed by atoms with Crippen LogP contribution in [0, 0.1) is 64.1 Å². The van der Waals surface area contributed by atoms with Gasteiger partial charge < -0.3 is 5.11 Å². The highest BCUT2D eigenvalue weighted by Crippen LogP contribution is 2.69. The van der Waals surface area contributed by atoms with Gasteiger partial charge in [-0.15, -0.1) is 0 Å². The van der Waals surface area contributed by atoms with E-state index in [0.717, 1.165) is 47.3 Å². The monoisotopic (exact) mass is 416 g/mol. The van der Waals surface area contributed by atoms with Crippen molar-refractivity contribution < 1.29 is 5.11 Å². The van der Waals surface area contributed by atoms with E-state index in [4.69, 9.17) is 0 Å². The second kappa shape index (κ2) is 8.72. The standard InChI is InChI=1S/C29H52O/c1-7-21(19(2)3)9-8-20(4)24-12-13-26-23-10-11-25-22(18-30)14-16-29(25,6)27(23)15-17-28(24,26)5/h19-27,30H,7-18H2,1-6H3/t20-,21-,22-,23+,24-,25+,26+,27+,28-,29+/m1/s1. The fourth-order valence-corrected chi connectivity index (χ4v) is 10.2. The molecule has 0 aliphatic heterocycles. The second-order valence-corrected chi connectivity index (χ2v) is 13.2. The maximum Gasteiger partial charge on any atom is 0.0462 e. The van der Waals surface area contributed by atoms with Crippen LogP contribution in [0.2, 0.25) is 0 Å². The average molecular weight is 417 g/mol. The van der Waals surface area contributed by atoms with Crippen LogP contribution in [0.1, 0.15) is 112 Å². The van der Waals surface area contributed by atoms with Crippen LogP contribution in [0.5, 0.6) is 0 Å². The summed E-state index contributed by atoms with van der Waals surface area (Å²) in [6.45, 7) is 15.7. The lowest BCUT2D eigenvalue weighted by Gasteiger charge is -2.58. The molecule has 1 nitrogen and oxygen atoms in total. The molecular weight excluding hydrogens is 364 g/mol. The van der Waals surface area contributed by atoms with Gasteiger partial charge >= 0.3 is 0 Å². The van der Waals surface area contributed by atoms with Crippen molar-refractivity contribution >= 4 is 0 Å². The maximum absolute atomic E-state index is 9.94. The molecule has 1 heteroatoms. The Morgan fingerprint density at radius 1 is 0.800 bits per heavy atom. The highest BCUT2D eigenvalue weighted by molar-refractivity contribution is 5.10. The Balaban J connectivity index is 1.45. The van der Waals surface area contributed by atoms with Crippen molar-refractivity contribution in [2.75, 3.05) is 6.61 Å². The summed E-state index contributed by atoms with van der Waals surface area (Å²) in [5, 5.41) is 9.94. The van der Waals surface area contributed by atoms with Crippen LogP contribution in [-0.4, -0.2) is 11.7 Å². The number of hydrogen-bond donors (Lipinski definition) is 1. The lowest BCUT2D eigenvalue weighted by atomic mass is 9.46. The van der Waals surface area contributed by atoms with Gasteiger partial charge in [0.2, 0.25) is 0 Å². The van der Waals surface area contributed by atoms with E-state index in [1.54, 1.807) is 0 Å². The van der Waals surface area contributed by atoms with Gasteiger partial charge in [0, 0.05) is 6.61 Å². The second-order valence-electron chi connectivity index (χ2n) is 13.2. The summed E-state index contributed by atoms with van der Waals surface area (Å²) in [4.78, 5) is 0. The van der Waals surface area contributed by atoms with Crippen molar-refractivity contribution in [1.29, 1.82) is 0 Å². The van der Waals surface area contributed by atoms with Crippen LogP contribution < -0.4 is 0 Å². The Hall–Kier alpha value is -0.0400. The summed E-state index contributed by atoms with van der Waals surface area (Å²) in [6, 6.07) is 0. The molecule has 0 aromatic rings. The molecule has 4 rings (SSSR count). The Morgan fingerprint density at radius 2 is 1.47 bits per heavy atom. The Kier molecular flexibility index (Phi) is 6.72. The molecule has 1 N–H and O–H groups in total. The van der Waals surface area contributed by atoms with Gasteiger partial charge in [-0.3, -0.25) is 0 Å². The third kappa shape index (κ3) is 3.62. The van der Waals surface area contributed by atoms with Gasteiger partial charge in [-0.2, -0.15) is 0 Å².